The number of hydrogen-bond donors (Lipinski definition) is 2. The summed E-state index contributed by atoms with van der Waals surface area (Å²) >= 11 is 3.40. The molecule has 1 heterocycles. The van der Waals surface area contributed by atoms with Crippen molar-refractivity contribution in [1.29, 1.82) is 0 Å². The number of aromatic amines is 1. The van der Waals surface area contributed by atoms with Crippen LogP contribution >= 0.6 is 15.9 Å². The predicted molar refractivity (Wildman–Crippen MR) is 114 cm³/mol. The van der Waals surface area contributed by atoms with Crippen molar-refractivity contribution in [2.75, 3.05) is 0 Å². The molecule has 5 heteroatoms. The number of carbonyl (C=O) groups is 1. The fraction of sp³-hybridized carbons (Fsp3) is 0.0870. The van der Waals surface area contributed by atoms with Crippen molar-refractivity contribution < 1.29 is 9.53 Å². The van der Waals surface area contributed by atoms with Gasteiger partial charge in [-0.15, -0.1) is 0 Å². The lowest BCUT2D eigenvalue weighted by Gasteiger charge is -2.08. The second-order valence-corrected chi connectivity index (χ2v) is 7.42. The van der Waals surface area contributed by atoms with Gasteiger partial charge in [-0.25, -0.2) is 0 Å². The third kappa shape index (κ3) is 4.43. The first kappa shape index (κ1) is 18.3. The Labute approximate surface area is 171 Å². The van der Waals surface area contributed by atoms with Crippen molar-refractivity contribution in [2.45, 2.75) is 13.2 Å². The number of benzene rings is 3. The maximum atomic E-state index is 12.4. The molecule has 4 aromatic rings. The van der Waals surface area contributed by atoms with Crippen LogP contribution in [0.15, 0.2) is 83.3 Å². The van der Waals surface area contributed by atoms with Gasteiger partial charge < -0.3 is 15.0 Å². The minimum atomic E-state index is -0.0981. The first-order valence-corrected chi connectivity index (χ1v) is 9.79. The molecule has 2 N–H and O–H groups in total. The van der Waals surface area contributed by atoms with Crippen molar-refractivity contribution in [3.05, 3.63) is 100 Å². The van der Waals surface area contributed by atoms with Crippen LogP contribution in [0.4, 0.5) is 0 Å². The molecule has 4 nitrogen and oxygen atoms in total. The second kappa shape index (κ2) is 8.31. The summed E-state index contributed by atoms with van der Waals surface area (Å²) < 4.78 is 6.77. The number of halogens is 1. The van der Waals surface area contributed by atoms with Crippen LogP contribution in [0.5, 0.6) is 5.75 Å². The molecule has 0 fully saturated rings. The molecule has 0 aliphatic carbocycles. The van der Waals surface area contributed by atoms with Crippen molar-refractivity contribution in [3.63, 3.8) is 0 Å². The molecule has 28 heavy (non-hydrogen) atoms. The summed E-state index contributed by atoms with van der Waals surface area (Å²) in [5.41, 5.74) is 3.69. The number of rotatable bonds is 6. The van der Waals surface area contributed by atoms with E-state index >= 15 is 0 Å². The van der Waals surface area contributed by atoms with Gasteiger partial charge in [-0.2, -0.15) is 0 Å². The summed E-state index contributed by atoms with van der Waals surface area (Å²) in [4.78, 5) is 15.7. The number of carbonyl (C=O) groups excluding carboxylic acids is 1. The number of ether oxygens (including phenoxy) is 1. The Morgan fingerprint density at radius 3 is 2.46 bits per heavy atom. The van der Waals surface area contributed by atoms with E-state index < -0.39 is 0 Å². The van der Waals surface area contributed by atoms with Crippen LogP contribution in [0.3, 0.4) is 0 Å². The van der Waals surface area contributed by atoms with E-state index in [1.165, 1.54) is 0 Å². The third-order valence-electron chi connectivity index (χ3n) is 4.46. The van der Waals surface area contributed by atoms with E-state index in [4.69, 9.17) is 4.74 Å². The van der Waals surface area contributed by atoms with Crippen LogP contribution in [0.2, 0.25) is 0 Å². The summed E-state index contributed by atoms with van der Waals surface area (Å²) in [5.74, 6) is 0.711. The Bertz CT molecular complexity index is 1050. The van der Waals surface area contributed by atoms with Crippen LogP contribution < -0.4 is 10.1 Å². The summed E-state index contributed by atoms with van der Waals surface area (Å²) in [5, 5.41) is 4.09. The molecule has 1 amide bonds. The quantitative estimate of drug-likeness (QED) is 0.424. The zero-order chi connectivity index (χ0) is 19.3. The smallest absolute Gasteiger partial charge is 0.251 e. The molecule has 0 aliphatic rings. The van der Waals surface area contributed by atoms with Crippen molar-refractivity contribution in [1.82, 2.24) is 10.3 Å². The highest BCUT2D eigenvalue weighted by Crippen LogP contribution is 2.18. The van der Waals surface area contributed by atoms with Crippen molar-refractivity contribution in [3.8, 4) is 5.75 Å². The number of hydrogen-bond acceptors (Lipinski definition) is 2. The van der Waals surface area contributed by atoms with E-state index in [1.54, 1.807) is 0 Å². The topological polar surface area (TPSA) is 54.1 Å². The van der Waals surface area contributed by atoms with Gasteiger partial charge in [0.2, 0.25) is 0 Å². The van der Waals surface area contributed by atoms with E-state index in [1.807, 2.05) is 72.8 Å². The fourth-order valence-corrected chi connectivity index (χ4v) is 3.22. The largest absolute Gasteiger partial charge is 0.489 e. The first-order chi connectivity index (χ1) is 13.7. The average molecular weight is 435 g/mol. The first-order valence-electron chi connectivity index (χ1n) is 8.99. The number of amides is 1. The highest BCUT2D eigenvalue weighted by molar-refractivity contribution is 9.10. The minimum Gasteiger partial charge on any atom is -0.489 e. The Kier molecular flexibility index (Phi) is 5.44. The van der Waals surface area contributed by atoms with Gasteiger partial charge in [0.25, 0.3) is 5.91 Å². The van der Waals surface area contributed by atoms with Gasteiger partial charge >= 0.3 is 0 Å². The van der Waals surface area contributed by atoms with Gasteiger partial charge in [0, 0.05) is 21.2 Å². The molecular weight excluding hydrogens is 416 g/mol. The van der Waals surface area contributed by atoms with E-state index in [9.17, 15) is 4.79 Å². The predicted octanol–water partition coefficient (Wildman–Crippen LogP) is 5.44. The SMILES string of the molecule is O=C(NCc1cc2ccccc2[nH]1)c1ccc(COc2ccc(Br)cc2)cc1. The number of aromatic nitrogens is 1. The maximum absolute atomic E-state index is 12.4. The molecule has 0 unspecified atom stereocenters. The highest BCUT2D eigenvalue weighted by Gasteiger charge is 2.07. The number of para-hydroxylation sites is 1. The Morgan fingerprint density at radius 1 is 0.964 bits per heavy atom. The average Bonchev–Trinajstić information content (AvgIpc) is 3.15. The zero-order valence-electron chi connectivity index (χ0n) is 15.1. The Morgan fingerprint density at radius 2 is 1.71 bits per heavy atom. The number of nitrogens with one attached hydrogen (secondary N) is 2. The second-order valence-electron chi connectivity index (χ2n) is 6.50. The van der Waals surface area contributed by atoms with Crippen LogP contribution in [-0.2, 0) is 13.2 Å². The molecule has 0 spiro atoms. The van der Waals surface area contributed by atoms with Crippen LogP contribution in [0, 0.1) is 0 Å². The summed E-state index contributed by atoms with van der Waals surface area (Å²) in [6.07, 6.45) is 0. The lowest BCUT2D eigenvalue weighted by Crippen LogP contribution is -2.22. The van der Waals surface area contributed by atoms with Crippen LogP contribution in [0.1, 0.15) is 21.6 Å². The molecule has 0 bridgehead atoms. The molecule has 3 aromatic carbocycles. The van der Waals surface area contributed by atoms with Crippen LogP contribution in [0.25, 0.3) is 10.9 Å². The molecule has 0 atom stereocenters. The van der Waals surface area contributed by atoms with Crippen molar-refractivity contribution >= 4 is 32.7 Å². The fourth-order valence-electron chi connectivity index (χ4n) is 2.96. The molecule has 4 rings (SSSR count). The monoisotopic (exact) mass is 434 g/mol. The minimum absolute atomic E-state index is 0.0981. The Balaban J connectivity index is 1.32. The third-order valence-corrected chi connectivity index (χ3v) is 4.99. The summed E-state index contributed by atoms with van der Waals surface area (Å²) in [6, 6.07) is 25.3. The van der Waals surface area contributed by atoms with Gasteiger partial charge in [-0.3, -0.25) is 4.79 Å². The lowest BCUT2D eigenvalue weighted by molar-refractivity contribution is 0.0950. The Hall–Kier alpha value is -3.05. The van der Waals surface area contributed by atoms with Gasteiger partial charge in [0.1, 0.15) is 12.4 Å². The zero-order valence-corrected chi connectivity index (χ0v) is 16.7. The molecule has 140 valence electrons. The molecule has 0 saturated carbocycles. The van der Waals surface area contributed by atoms with Gasteiger partial charge in [0.15, 0.2) is 0 Å². The molecule has 0 radical (unpaired) electrons. The van der Waals surface area contributed by atoms with E-state index in [0.29, 0.717) is 18.7 Å². The molecular formula is C23H19BrN2O2. The molecule has 0 aliphatic heterocycles. The van der Waals surface area contributed by atoms with Crippen LogP contribution in [-0.4, -0.2) is 10.9 Å². The summed E-state index contributed by atoms with van der Waals surface area (Å²) in [7, 11) is 0. The van der Waals surface area contributed by atoms with Gasteiger partial charge in [0.05, 0.1) is 6.54 Å². The number of H-pyrrole nitrogens is 1. The van der Waals surface area contributed by atoms with E-state index in [-0.39, 0.29) is 5.91 Å². The standard InChI is InChI=1S/C23H19BrN2O2/c24-19-9-11-21(12-10-19)28-15-16-5-7-17(8-6-16)23(27)25-14-20-13-18-3-1-2-4-22(18)26-20/h1-13,26H,14-15H2,(H,25,27). The van der Waals surface area contributed by atoms with Gasteiger partial charge in [-0.05, 0) is 59.5 Å². The van der Waals surface area contributed by atoms with E-state index in [2.05, 4.69) is 32.3 Å². The molecule has 0 saturated heterocycles. The van der Waals surface area contributed by atoms with Gasteiger partial charge in [-0.1, -0.05) is 46.3 Å². The molecule has 1 aromatic heterocycles. The lowest BCUT2D eigenvalue weighted by atomic mass is 10.1. The highest BCUT2D eigenvalue weighted by atomic mass is 79.9. The van der Waals surface area contributed by atoms with Crippen molar-refractivity contribution in [2.24, 2.45) is 0 Å². The van der Waals surface area contributed by atoms with E-state index in [0.717, 1.165) is 32.4 Å². The number of fused-ring (bicyclic) bond motifs is 1. The maximum Gasteiger partial charge on any atom is 0.251 e. The summed E-state index contributed by atoms with van der Waals surface area (Å²) in [6.45, 7) is 0.917. The normalized spacial score (nSPS) is 10.8.